The number of rotatable bonds is 3. The maximum Gasteiger partial charge on any atom is 0.265 e. The molecule has 0 radical (unpaired) electrons. The fraction of sp³-hybridized carbons (Fsp3) is 0.100. The van der Waals surface area contributed by atoms with Crippen LogP contribution in [0.4, 0.5) is 61.5 Å². The van der Waals surface area contributed by atoms with Gasteiger partial charge in [-0.3, -0.25) is 0 Å². The standard InChI is InChI=1S/C20H5BF14/c1-3-9(24)13(28)7(14(29)10(3)25)21(8-16(31)18(33)20(35)19(34)17(8)32)6-11(26)4(22)2-5(23)12(27)15(6)30/h2H2,1H3. The van der Waals surface area contributed by atoms with E-state index in [0.717, 1.165) is 0 Å². The summed E-state index contributed by atoms with van der Waals surface area (Å²) in [5, 5.41) is 0. The van der Waals surface area contributed by atoms with Crippen molar-refractivity contribution in [1.29, 1.82) is 0 Å². The highest BCUT2D eigenvalue weighted by Gasteiger charge is 2.45. The molecular weight excluding hydrogens is 517 g/mol. The van der Waals surface area contributed by atoms with Crippen LogP contribution in [0.2, 0.25) is 0 Å². The minimum absolute atomic E-state index is 0.428. The Morgan fingerprint density at radius 2 is 0.771 bits per heavy atom. The Morgan fingerprint density at radius 3 is 1.20 bits per heavy atom. The van der Waals surface area contributed by atoms with Gasteiger partial charge in [-0.2, -0.15) is 0 Å². The van der Waals surface area contributed by atoms with Gasteiger partial charge in [-0.05, 0) is 6.92 Å². The van der Waals surface area contributed by atoms with Crippen molar-refractivity contribution >= 4 is 17.6 Å². The molecule has 15 heteroatoms. The second-order valence-corrected chi connectivity index (χ2v) is 7.05. The molecule has 0 fully saturated rings. The molecule has 0 N–H and O–H groups in total. The first-order valence-corrected chi connectivity index (χ1v) is 8.97. The molecule has 0 saturated carbocycles. The van der Waals surface area contributed by atoms with Crippen molar-refractivity contribution in [2.24, 2.45) is 0 Å². The van der Waals surface area contributed by atoms with E-state index in [2.05, 4.69) is 0 Å². The molecule has 0 saturated heterocycles. The molecule has 1 aliphatic rings. The Morgan fingerprint density at radius 1 is 0.429 bits per heavy atom. The fourth-order valence-electron chi connectivity index (χ4n) is 3.34. The zero-order valence-electron chi connectivity index (χ0n) is 16.6. The van der Waals surface area contributed by atoms with Gasteiger partial charge in [0.2, 0.25) is 0 Å². The molecule has 0 unspecified atom stereocenters. The monoisotopic (exact) mass is 522 g/mol. The van der Waals surface area contributed by atoms with Gasteiger partial charge < -0.3 is 0 Å². The maximum absolute atomic E-state index is 14.7. The second kappa shape index (κ2) is 9.08. The third kappa shape index (κ3) is 3.90. The molecule has 0 bridgehead atoms. The number of hydrogen-bond acceptors (Lipinski definition) is 0. The normalized spacial score (nSPS) is 14.8. The van der Waals surface area contributed by atoms with Crippen molar-refractivity contribution in [1.82, 2.24) is 0 Å². The minimum Gasteiger partial charge on any atom is -0.208 e. The lowest BCUT2D eigenvalue weighted by Gasteiger charge is -2.22. The summed E-state index contributed by atoms with van der Waals surface area (Å²) in [5.41, 5.74) is -8.96. The van der Waals surface area contributed by atoms with Crippen LogP contribution in [-0.4, -0.2) is 6.71 Å². The molecule has 1 aliphatic carbocycles. The number of allylic oxidation sites excluding steroid dienone is 6. The van der Waals surface area contributed by atoms with E-state index in [4.69, 9.17) is 0 Å². The molecular formula is C20H5BF14. The highest BCUT2D eigenvalue weighted by Crippen LogP contribution is 2.38. The van der Waals surface area contributed by atoms with Gasteiger partial charge in [-0.1, -0.05) is 0 Å². The van der Waals surface area contributed by atoms with E-state index in [9.17, 15) is 61.5 Å². The van der Waals surface area contributed by atoms with Gasteiger partial charge in [0.15, 0.2) is 69.8 Å². The van der Waals surface area contributed by atoms with E-state index in [0.29, 0.717) is 6.92 Å². The lowest BCUT2D eigenvalue weighted by atomic mass is 9.35. The van der Waals surface area contributed by atoms with Gasteiger partial charge in [-0.25, -0.2) is 61.5 Å². The molecule has 0 aliphatic heterocycles. The van der Waals surface area contributed by atoms with E-state index < -0.39 is 117 Å². The van der Waals surface area contributed by atoms with Crippen molar-refractivity contribution in [2.75, 3.05) is 0 Å². The third-order valence-corrected chi connectivity index (χ3v) is 5.08. The van der Waals surface area contributed by atoms with Crippen molar-refractivity contribution in [2.45, 2.75) is 13.3 Å². The van der Waals surface area contributed by atoms with Crippen LogP contribution in [0.15, 0.2) is 34.6 Å². The summed E-state index contributed by atoms with van der Waals surface area (Å²) in [6.45, 7) is -3.37. The van der Waals surface area contributed by atoms with E-state index >= 15 is 0 Å². The Bertz CT molecular complexity index is 1240. The molecule has 186 valence electrons. The molecule has 0 amide bonds. The maximum atomic E-state index is 14.7. The molecule has 0 nitrogen and oxygen atoms in total. The van der Waals surface area contributed by atoms with E-state index in [1.165, 1.54) is 0 Å². The number of hydrogen-bond donors (Lipinski definition) is 0. The first-order valence-electron chi connectivity index (χ1n) is 8.97. The van der Waals surface area contributed by atoms with Crippen LogP contribution < -0.4 is 10.9 Å². The summed E-state index contributed by atoms with van der Waals surface area (Å²) < 4.78 is 199. The average molecular weight is 522 g/mol. The quantitative estimate of drug-likeness (QED) is 0.192. The van der Waals surface area contributed by atoms with E-state index in [1.807, 2.05) is 0 Å². The lowest BCUT2D eigenvalue weighted by Crippen LogP contribution is -2.52. The molecule has 2 aromatic rings. The predicted molar refractivity (Wildman–Crippen MR) is 93.5 cm³/mol. The van der Waals surface area contributed by atoms with Gasteiger partial charge in [0.1, 0.15) is 11.7 Å². The average Bonchev–Trinajstić information content (AvgIpc) is 2.88. The molecule has 35 heavy (non-hydrogen) atoms. The van der Waals surface area contributed by atoms with Crippen LogP contribution in [-0.2, 0) is 0 Å². The Hall–Kier alpha value is -3.26. The third-order valence-electron chi connectivity index (χ3n) is 5.08. The molecule has 2 aromatic carbocycles. The summed E-state index contributed by atoms with van der Waals surface area (Å²) in [4.78, 5) is 0. The van der Waals surface area contributed by atoms with Crippen molar-refractivity contribution in [3.05, 3.63) is 92.5 Å². The summed E-state index contributed by atoms with van der Waals surface area (Å²) >= 11 is 0. The van der Waals surface area contributed by atoms with E-state index in [1.54, 1.807) is 0 Å². The van der Waals surface area contributed by atoms with Gasteiger partial charge in [0.25, 0.3) is 6.71 Å². The van der Waals surface area contributed by atoms with Crippen molar-refractivity contribution < 1.29 is 61.5 Å². The molecule has 0 spiro atoms. The Labute approximate surface area is 185 Å². The molecule has 3 rings (SSSR count). The Kier molecular flexibility index (Phi) is 6.83. The molecule has 0 heterocycles. The van der Waals surface area contributed by atoms with Gasteiger partial charge in [0, 0.05) is 22.0 Å². The highest BCUT2D eigenvalue weighted by atomic mass is 19.2. The van der Waals surface area contributed by atoms with Crippen molar-refractivity contribution in [3.8, 4) is 0 Å². The summed E-state index contributed by atoms with van der Waals surface area (Å²) in [6, 6.07) is 0. The van der Waals surface area contributed by atoms with Crippen LogP contribution in [0.5, 0.6) is 0 Å². The van der Waals surface area contributed by atoms with E-state index in [-0.39, 0.29) is 0 Å². The smallest absolute Gasteiger partial charge is 0.208 e. The summed E-state index contributed by atoms with van der Waals surface area (Å²) in [5.74, 6) is -38.1. The zero-order chi connectivity index (χ0) is 26.7. The minimum atomic E-state index is -3.80. The first kappa shape index (κ1) is 26.4. The second-order valence-electron chi connectivity index (χ2n) is 7.05. The molecule has 0 aromatic heterocycles. The summed E-state index contributed by atoms with van der Waals surface area (Å²) in [6.07, 6.45) is -1.99. The van der Waals surface area contributed by atoms with Crippen LogP contribution in [0.1, 0.15) is 12.0 Å². The lowest BCUT2D eigenvalue weighted by molar-refractivity contribution is 0.384. The Balaban J connectivity index is 2.67. The van der Waals surface area contributed by atoms with Crippen LogP contribution in [0.3, 0.4) is 0 Å². The van der Waals surface area contributed by atoms with Gasteiger partial charge >= 0.3 is 0 Å². The zero-order valence-corrected chi connectivity index (χ0v) is 16.6. The molecule has 0 atom stereocenters. The predicted octanol–water partition coefficient (Wildman–Crippen LogP) is 6.32. The van der Waals surface area contributed by atoms with Crippen LogP contribution in [0.25, 0.3) is 0 Å². The van der Waals surface area contributed by atoms with Gasteiger partial charge in [-0.15, -0.1) is 0 Å². The highest BCUT2D eigenvalue weighted by molar-refractivity contribution is 6.91. The number of benzene rings is 2. The van der Waals surface area contributed by atoms with Crippen LogP contribution >= 0.6 is 0 Å². The van der Waals surface area contributed by atoms with Crippen LogP contribution in [0, 0.1) is 59.3 Å². The fourth-order valence-corrected chi connectivity index (χ4v) is 3.34. The topological polar surface area (TPSA) is 0 Å². The summed E-state index contributed by atoms with van der Waals surface area (Å²) in [7, 11) is 0. The van der Waals surface area contributed by atoms with Gasteiger partial charge in [0.05, 0.1) is 6.42 Å². The SMILES string of the molecule is Cc1c(F)c(F)c(B(C2=C(F)C(F)=C(F)CC(F)=C2F)c2c(F)c(F)c(F)c(F)c2F)c(F)c1F. The van der Waals surface area contributed by atoms with Crippen molar-refractivity contribution in [3.63, 3.8) is 0 Å². The number of halogens is 14. The largest absolute Gasteiger partial charge is 0.265 e. The first-order chi connectivity index (χ1) is 16.1.